The van der Waals surface area contributed by atoms with E-state index >= 15 is 0 Å². The number of aryl methyl sites for hydroxylation is 1. The second-order valence-corrected chi connectivity index (χ2v) is 5.95. The zero-order chi connectivity index (χ0) is 18.8. The van der Waals surface area contributed by atoms with Crippen LogP contribution in [0.25, 0.3) is 0 Å². The SMILES string of the molecule is CCNC(=NCc1ncccc1C)NCC(CC)Oc1cccc(F)c1.I. The molecule has 2 rings (SSSR count). The molecule has 2 N–H and O–H groups in total. The monoisotopic (exact) mass is 486 g/mol. The molecular formula is C20H28FIN4O. The molecule has 0 saturated heterocycles. The molecule has 0 aliphatic rings. The Bertz CT molecular complexity index is 727. The van der Waals surface area contributed by atoms with E-state index in [1.807, 2.05) is 32.9 Å². The fourth-order valence-electron chi connectivity index (χ4n) is 2.39. The molecule has 27 heavy (non-hydrogen) atoms. The first-order valence-corrected chi connectivity index (χ1v) is 8.97. The highest BCUT2D eigenvalue weighted by atomic mass is 127. The lowest BCUT2D eigenvalue weighted by Crippen LogP contribution is -2.42. The van der Waals surface area contributed by atoms with E-state index < -0.39 is 0 Å². The van der Waals surface area contributed by atoms with Crippen LogP contribution >= 0.6 is 24.0 Å². The normalized spacial score (nSPS) is 12.1. The van der Waals surface area contributed by atoms with Crippen LogP contribution in [-0.4, -0.2) is 30.1 Å². The molecule has 1 atom stereocenters. The van der Waals surface area contributed by atoms with E-state index in [1.54, 1.807) is 18.3 Å². The van der Waals surface area contributed by atoms with Gasteiger partial charge < -0.3 is 15.4 Å². The molecule has 148 valence electrons. The van der Waals surface area contributed by atoms with Crippen molar-refractivity contribution >= 4 is 29.9 Å². The number of pyridine rings is 1. The number of ether oxygens (including phenoxy) is 1. The predicted octanol–water partition coefficient (Wildman–Crippen LogP) is 4.06. The van der Waals surface area contributed by atoms with E-state index in [0.29, 0.717) is 24.8 Å². The summed E-state index contributed by atoms with van der Waals surface area (Å²) >= 11 is 0. The minimum Gasteiger partial charge on any atom is -0.489 e. The minimum absolute atomic E-state index is 0. The Morgan fingerprint density at radius 1 is 1.22 bits per heavy atom. The predicted molar refractivity (Wildman–Crippen MR) is 118 cm³/mol. The number of nitrogens with zero attached hydrogens (tertiary/aromatic N) is 2. The lowest BCUT2D eigenvalue weighted by Gasteiger charge is -2.20. The zero-order valence-electron chi connectivity index (χ0n) is 16.0. The number of aromatic nitrogens is 1. The molecule has 2 aromatic rings. The number of aliphatic imine (C=N–C) groups is 1. The molecule has 0 bridgehead atoms. The summed E-state index contributed by atoms with van der Waals surface area (Å²) in [5.41, 5.74) is 2.07. The maximum atomic E-state index is 13.3. The van der Waals surface area contributed by atoms with Crippen LogP contribution in [0.1, 0.15) is 31.5 Å². The van der Waals surface area contributed by atoms with Crippen molar-refractivity contribution in [1.29, 1.82) is 0 Å². The largest absolute Gasteiger partial charge is 0.489 e. The van der Waals surface area contributed by atoms with Crippen molar-refractivity contribution in [3.63, 3.8) is 0 Å². The Labute approximate surface area is 177 Å². The van der Waals surface area contributed by atoms with Gasteiger partial charge in [-0.15, -0.1) is 24.0 Å². The Kier molecular flexibility index (Phi) is 10.7. The first kappa shape index (κ1) is 23.1. The molecule has 0 spiro atoms. The van der Waals surface area contributed by atoms with E-state index in [-0.39, 0.29) is 35.9 Å². The van der Waals surface area contributed by atoms with Crippen LogP contribution < -0.4 is 15.4 Å². The number of nitrogens with one attached hydrogen (secondary N) is 2. The summed E-state index contributed by atoms with van der Waals surface area (Å²) in [6, 6.07) is 10.1. The van der Waals surface area contributed by atoms with Crippen molar-refractivity contribution in [2.45, 2.75) is 39.8 Å². The molecule has 0 fully saturated rings. The molecule has 0 radical (unpaired) electrons. The molecule has 0 aliphatic carbocycles. The van der Waals surface area contributed by atoms with Gasteiger partial charge in [0.05, 0.1) is 18.8 Å². The molecule has 5 nitrogen and oxygen atoms in total. The number of hydrogen-bond donors (Lipinski definition) is 2. The highest BCUT2D eigenvalue weighted by molar-refractivity contribution is 14.0. The Balaban J connectivity index is 0.00000364. The number of guanidine groups is 1. The van der Waals surface area contributed by atoms with Crippen molar-refractivity contribution < 1.29 is 9.13 Å². The van der Waals surface area contributed by atoms with Crippen LogP contribution in [0.5, 0.6) is 5.75 Å². The van der Waals surface area contributed by atoms with Gasteiger partial charge >= 0.3 is 0 Å². The van der Waals surface area contributed by atoms with Gasteiger partial charge in [-0.25, -0.2) is 9.38 Å². The topological polar surface area (TPSA) is 58.5 Å². The number of halogens is 2. The molecular weight excluding hydrogens is 458 g/mol. The summed E-state index contributed by atoms with van der Waals surface area (Å²) in [4.78, 5) is 8.95. The van der Waals surface area contributed by atoms with Crippen LogP contribution in [0.15, 0.2) is 47.6 Å². The maximum Gasteiger partial charge on any atom is 0.191 e. The van der Waals surface area contributed by atoms with E-state index in [1.165, 1.54) is 12.1 Å². The van der Waals surface area contributed by atoms with Crippen LogP contribution in [-0.2, 0) is 6.54 Å². The van der Waals surface area contributed by atoms with Crippen LogP contribution in [0.3, 0.4) is 0 Å². The summed E-state index contributed by atoms with van der Waals surface area (Å²) < 4.78 is 19.2. The van der Waals surface area contributed by atoms with E-state index in [4.69, 9.17) is 4.74 Å². The number of hydrogen-bond acceptors (Lipinski definition) is 3. The van der Waals surface area contributed by atoms with Gasteiger partial charge in [0.25, 0.3) is 0 Å². The third-order valence-corrected chi connectivity index (χ3v) is 3.90. The fraction of sp³-hybridized carbons (Fsp3) is 0.400. The van der Waals surface area contributed by atoms with Gasteiger partial charge in [-0.05, 0) is 44.0 Å². The summed E-state index contributed by atoms with van der Waals surface area (Å²) in [5, 5.41) is 6.51. The average Bonchev–Trinajstić information content (AvgIpc) is 2.64. The van der Waals surface area contributed by atoms with Crippen molar-refractivity contribution in [3.8, 4) is 5.75 Å². The van der Waals surface area contributed by atoms with E-state index in [0.717, 1.165) is 24.2 Å². The average molecular weight is 486 g/mol. The molecule has 1 heterocycles. The van der Waals surface area contributed by atoms with Crippen molar-refractivity contribution in [2.24, 2.45) is 4.99 Å². The quantitative estimate of drug-likeness (QED) is 0.336. The van der Waals surface area contributed by atoms with Gasteiger partial charge in [-0.1, -0.05) is 19.1 Å². The lowest BCUT2D eigenvalue weighted by atomic mass is 10.2. The first-order chi connectivity index (χ1) is 12.6. The minimum atomic E-state index is -0.300. The molecule has 1 aromatic carbocycles. The molecule has 1 aromatic heterocycles. The van der Waals surface area contributed by atoms with Crippen molar-refractivity contribution in [2.75, 3.05) is 13.1 Å². The fourth-order valence-corrected chi connectivity index (χ4v) is 2.39. The third-order valence-electron chi connectivity index (χ3n) is 3.90. The van der Waals surface area contributed by atoms with E-state index in [2.05, 4.69) is 20.6 Å². The van der Waals surface area contributed by atoms with Crippen LogP contribution in [0.4, 0.5) is 4.39 Å². The Hall–Kier alpha value is -1.90. The van der Waals surface area contributed by atoms with E-state index in [9.17, 15) is 4.39 Å². The third kappa shape index (κ3) is 8.11. The Morgan fingerprint density at radius 2 is 2.04 bits per heavy atom. The lowest BCUT2D eigenvalue weighted by molar-refractivity contribution is 0.198. The summed E-state index contributed by atoms with van der Waals surface area (Å²) in [6.45, 7) is 7.91. The van der Waals surface area contributed by atoms with Gasteiger partial charge in [0, 0.05) is 18.8 Å². The number of benzene rings is 1. The summed E-state index contributed by atoms with van der Waals surface area (Å²) in [6.07, 6.45) is 2.48. The smallest absolute Gasteiger partial charge is 0.191 e. The van der Waals surface area contributed by atoms with Gasteiger partial charge in [0.15, 0.2) is 5.96 Å². The molecule has 0 aliphatic heterocycles. The van der Waals surface area contributed by atoms with Crippen LogP contribution in [0, 0.1) is 12.7 Å². The van der Waals surface area contributed by atoms with Crippen molar-refractivity contribution in [3.05, 3.63) is 59.7 Å². The summed E-state index contributed by atoms with van der Waals surface area (Å²) in [7, 11) is 0. The second kappa shape index (κ2) is 12.5. The van der Waals surface area contributed by atoms with Gasteiger partial charge in [-0.3, -0.25) is 4.98 Å². The maximum absolute atomic E-state index is 13.3. The molecule has 7 heteroatoms. The second-order valence-electron chi connectivity index (χ2n) is 5.95. The Morgan fingerprint density at radius 3 is 2.70 bits per heavy atom. The number of rotatable bonds is 8. The highest BCUT2D eigenvalue weighted by Crippen LogP contribution is 2.14. The van der Waals surface area contributed by atoms with Gasteiger partial charge in [0.2, 0.25) is 0 Å². The van der Waals surface area contributed by atoms with Crippen molar-refractivity contribution in [1.82, 2.24) is 15.6 Å². The zero-order valence-corrected chi connectivity index (χ0v) is 18.4. The first-order valence-electron chi connectivity index (χ1n) is 8.97. The molecule has 0 amide bonds. The standard InChI is InChI=1S/C20H27FN4O.HI/c1-4-17(26-18-10-6-9-16(21)12-18)13-24-20(22-5-2)25-14-19-15(3)8-7-11-23-19;/h6-12,17H,4-5,13-14H2,1-3H3,(H2,22,24,25);1H. The summed E-state index contributed by atoms with van der Waals surface area (Å²) in [5.74, 6) is 0.939. The van der Waals surface area contributed by atoms with Gasteiger partial charge in [-0.2, -0.15) is 0 Å². The highest BCUT2D eigenvalue weighted by Gasteiger charge is 2.10. The molecule has 0 saturated carbocycles. The van der Waals surface area contributed by atoms with Gasteiger partial charge in [0.1, 0.15) is 17.7 Å². The van der Waals surface area contributed by atoms with Crippen LogP contribution in [0.2, 0.25) is 0 Å². The molecule has 1 unspecified atom stereocenters.